The fourth-order valence-corrected chi connectivity index (χ4v) is 7.69. The van der Waals surface area contributed by atoms with Crippen molar-refractivity contribution in [2.75, 3.05) is 0 Å². The number of carbonyl (C=O) groups excluding carboxylic acids is 1. The Morgan fingerprint density at radius 1 is 0.416 bits per heavy atom. The fraction of sp³-hybridized carbons (Fsp3) is 0.217. The zero-order valence-electron chi connectivity index (χ0n) is 46.2. The zero-order chi connectivity index (χ0) is 53.5. The van der Waals surface area contributed by atoms with Gasteiger partial charge in [-0.2, -0.15) is 0 Å². The predicted molar refractivity (Wildman–Crippen MR) is 310 cm³/mol. The normalized spacial score (nSPS) is 11.0. The molecule has 0 aliphatic heterocycles. The summed E-state index contributed by atoms with van der Waals surface area (Å²) >= 11 is 0. The molecule has 3 heterocycles. The van der Waals surface area contributed by atoms with Gasteiger partial charge in [0.1, 0.15) is 0 Å². The van der Waals surface area contributed by atoms with Crippen LogP contribution in [0.25, 0.3) is 67.2 Å². The summed E-state index contributed by atoms with van der Waals surface area (Å²) in [6.45, 7) is 24.9. The van der Waals surface area contributed by atoms with Gasteiger partial charge in [-0.1, -0.05) is 211 Å². The summed E-state index contributed by atoms with van der Waals surface area (Å²) in [4.78, 5) is 23.4. The summed E-state index contributed by atoms with van der Waals surface area (Å²) in [6.07, 6.45) is 6.83. The molecule has 0 saturated carbocycles. The smallest absolute Gasteiger partial charge is 0.155 e. The van der Waals surface area contributed by atoms with E-state index in [0.717, 1.165) is 33.8 Å². The maximum atomic E-state index is 10.0. The molecule has 77 heavy (non-hydrogen) atoms. The molecule has 1 N–H and O–H groups in total. The number of aliphatic hydroxyl groups is 1. The summed E-state index contributed by atoms with van der Waals surface area (Å²) < 4.78 is 0. The minimum absolute atomic E-state index is 0. The standard InChI is InChI=1S/C22H22N.2C21H20N.C5H8O2.3Ir/c1-16-5-14-21(23-15-16)19-8-6-17(7-9-19)18-10-12-20(13-11-18)22(2,3)4;1-21(2,3)19-13-11-17(12-14-19)16-7-9-18(10-8-16)20-6-4-5-15-22-20;1-21(2,3)19-13-14-20(22-15-19)18-11-9-17(10-12-18)16-7-5-4-6-8-16;1-4(6)3-5(2)7;;;/h5-8,10-15H,1-4H3;4-9,11-15H,1-3H3;4-11,13-15H,1-3H3;3,6H,1-2H3;;;/q3*-1;;;;. The van der Waals surface area contributed by atoms with Crippen LogP contribution in [0.2, 0.25) is 0 Å². The molecule has 0 fully saturated rings. The molecule has 6 aromatic carbocycles. The van der Waals surface area contributed by atoms with Crippen molar-refractivity contribution in [2.24, 2.45) is 0 Å². The Morgan fingerprint density at radius 2 is 0.779 bits per heavy atom. The van der Waals surface area contributed by atoms with Crippen molar-refractivity contribution in [3.8, 4) is 67.2 Å². The molecule has 0 aliphatic carbocycles. The Kier molecular flexibility index (Phi) is 25.6. The van der Waals surface area contributed by atoms with Gasteiger partial charge in [0, 0.05) is 85.0 Å². The molecular formula is C69H70Ir3N3O2-3. The Morgan fingerprint density at radius 3 is 1.08 bits per heavy atom. The van der Waals surface area contributed by atoms with Gasteiger partial charge < -0.3 is 20.1 Å². The number of aromatic nitrogens is 3. The van der Waals surface area contributed by atoms with Crippen LogP contribution in [0.1, 0.15) is 98.4 Å². The van der Waals surface area contributed by atoms with Crippen molar-refractivity contribution >= 4 is 5.78 Å². The van der Waals surface area contributed by atoms with Crippen molar-refractivity contribution in [1.29, 1.82) is 0 Å². The molecule has 0 spiro atoms. The van der Waals surface area contributed by atoms with Gasteiger partial charge in [0.15, 0.2) is 5.78 Å². The molecule has 0 aliphatic rings. The van der Waals surface area contributed by atoms with E-state index in [-0.39, 0.29) is 88.1 Å². The first-order valence-electron chi connectivity index (χ1n) is 25.2. The van der Waals surface area contributed by atoms with Crippen molar-refractivity contribution < 1.29 is 70.2 Å². The number of hydrogen-bond donors (Lipinski definition) is 1. The molecule has 9 aromatic rings. The summed E-state index contributed by atoms with van der Waals surface area (Å²) in [5.74, 6) is -0.0625. The maximum Gasteiger partial charge on any atom is 0.155 e. The van der Waals surface area contributed by atoms with Crippen LogP contribution in [0.4, 0.5) is 0 Å². The summed E-state index contributed by atoms with van der Waals surface area (Å²) in [7, 11) is 0. The quantitative estimate of drug-likeness (QED) is 0.0978. The molecular weight excluding hydrogens is 1480 g/mol. The number of ketones is 1. The number of allylic oxidation sites excluding steroid dienone is 2. The molecule has 0 saturated heterocycles. The van der Waals surface area contributed by atoms with Gasteiger partial charge in [-0.15, -0.1) is 89.5 Å². The number of benzene rings is 6. The van der Waals surface area contributed by atoms with Crippen molar-refractivity contribution in [1.82, 2.24) is 15.0 Å². The van der Waals surface area contributed by atoms with Crippen LogP contribution in [0.5, 0.6) is 0 Å². The Labute approximate surface area is 500 Å². The van der Waals surface area contributed by atoms with E-state index in [4.69, 9.17) is 5.11 Å². The van der Waals surface area contributed by atoms with E-state index in [1.165, 1.54) is 75.6 Å². The van der Waals surface area contributed by atoms with Gasteiger partial charge in [0.2, 0.25) is 0 Å². The number of hydrogen-bond acceptors (Lipinski definition) is 5. The number of carbonyl (C=O) groups is 1. The fourth-order valence-electron chi connectivity index (χ4n) is 7.69. The van der Waals surface area contributed by atoms with Crippen LogP contribution in [-0.2, 0) is 81.4 Å². The van der Waals surface area contributed by atoms with Crippen molar-refractivity contribution in [3.63, 3.8) is 0 Å². The molecule has 3 radical (unpaired) electrons. The van der Waals surface area contributed by atoms with Gasteiger partial charge in [-0.05, 0) is 82.4 Å². The number of rotatable bonds is 7. The molecule has 3 aromatic heterocycles. The van der Waals surface area contributed by atoms with E-state index < -0.39 is 0 Å². The zero-order valence-corrected chi connectivity index (χ0v) is 53.4. The predicted octanol–water partition coefficient (Wildman–Crippen LogP) is 17.9. The third-order valence-electron chi connectivity index (χ3n) is 12.2. The van der Waals surface area contributed by atoms with E-state index in [9.17, 15) is 4.79 Å². The van der Waals surface area contributed by atoms with Crippen LogP contribution in [0.3, 0.4) is 0 Å². The average molecular weight is 1550 g/mol. The number of aryl methyl sites for hydroxylation is 1. The molecule has 8 heteroatoms. The summed E-state index contributed by atoms with van der Waals surface area (Å²) in [5.41, 5.74) is 18.8. The van der Waals surface area contributed by atoms with E-state index in [1.807, 2.05) is 74.0 Å². The molecule has 5 nitrogen and oxygen atoms in total. The van der Waals surface area contributed by atoms with E-state index >= 15 is 0 Å². The Hall–Kier alpha value is -6.07. The van der Waals surface area contributed by atoms with Gasteiger partial charge in [0.05, 0.1) is 5.76 Å². The van der Waals surface area contributed by atoms with E-state index in [0.29, 0.717) is 0 Å². The van der Waals surface area contributed by atoms with Crippen molar-refractivity contribution in [2.45, 2.75) is 99.3 Å². The molecule has 403 valence electrons. The third-order valence-corrected chi connectivity index (χ3v) is 12.2. The van der Waals surface area contributed by atoms with Gasteiger partial charge in [-0.25, -0.2) is 0 Å². The summed E-state index contributed by atoms with van der Waals surface area (Å²) in [5, 5.41) is 8.36. The first-order chi connectivity index (χ1) is 35.1. The van der Waals surface area contributed by atoms with Crippen LogP contribution in [0, 0.1) is 25.1 Å². The first-order valence-corrected chi connectivity index (χ1v) is 25.2. The monoisotopic (exact) mass is 1550 g/mol. The molecule has 9 rings (SSSR count). The Bertz CT molecular complexity index is 3040. The molecule has 0 atom stereocenters. The van der Waals surface area contributed by atoms with E-state index in [1.54, 1.807) is 0 Å². The van der Waals surface area contributed by atoms with Crippen molar-refractivity contribution in [3.05, 3.63) is 247 Å². The van der Waals surface area contributed by atoms with Gasteiger partial charge in [-0.3, -0.25) is 4.79 Å². The largest absolute Gasteiger partial charge is 0.512 e. The van der Waals surface area contributed by atoms with E-state index in [2.05, 4.69) is 223 Å². The Balaban J connectivity index is 0.000000281. The second kappa shape index (κ2) is 30.2. The number of nitrogens with zero attached hydrogens (tertiary/aromatic N) is 3. The molecule has 0 bridgehead atoms. The molecule has 0 unspecified atom stereocenters. The SMILES string of the molecule is CC(=O)C=C(C)O.CC(C)(C)c1ccc(-c2[c-]cc(-c3ccccc3)cc2)nc1.CC(C)(C)c1ccc(-c2c[c-]c(-c3ccccn3)cc2)cc1.Cc1ccc(-c2[c-]cc(-c3ccc(C(C)(C)C)cc3)cc2)nc1.[Ir].[Ir].[Ir]. The van der Waals surface area contributed by atoms with Gasteiger partial charge >= 0.3 is 0 Å². The van der Waals surface area contributed by atoms with Crippen LogP contribution >= 0.6 is 0 Å². The summed E-state index contributed by atoms with van der Waals surface area (Å²) in [6, 6.07) is 71.0. The minimum Gasteiger partial charge on any atom is -0.512 e. The van der Waals surface area contributed by atoms with Crippen LogP contribution < -0.4 is 0 Å². The van der Waals surface area contributed by atoms with Gasteiger partial charge in [0.25, 0.3) is 0 Å². The second-order valence-electron chi connectivity index (χ2n) is 21.5. The maximum absolute atomic E-state index is 10.0. The average Bonchev–Trinajstić information content (AvgIpc) is 3.39. The molecule has 0 amide bonds. The minimum atomic E-state index is -0.125. The third kappa shape index (κ3) is 20.3. The van der Waals surface area contributed by atoms with Crippen LogP contribution in [0.15, 0.2) is 206 Å². The van der Waals surface area contributed by atoms with Crippen LogP contribution in [-0.4, -0.2) is 25.8 Å². The first kappa shape index (κ1) is 65.2. The topological polar surface area (TPSA) is 76.0 Å². The number of pyridine rings is 3. The number of aliphatic hydroxyl groups excluding tert-OH is 1. The second-order valence-corrected chi connectivity index (χ2v) is 21.5.